The van der Waals surface area contributed by atoms with E-state index in [4.69, 9.17) is 14.6 Å². The molecule has 0 saturated carbocycles. The topological polar surface area (TPSA) is 96.3 Å². The number of rotatable bonds is 8. The first-order valence-electron chi connectivity index (χ1n) is 11.3. The lowest BCUT2D eigenvalue weighted by Crippen LogP contribution is -2.32. The van der Waals surface area contributed by atoms with Gasteiger partial charge in [0.25, 0.3) is 5.91 Å². The van der Waals surface area contributed by atoms with E-state index in [0.29, 0.717) is 10.8 Å². The number of anilines is 1. The van der Waals surface area contributed by atoms with Crippen LogP contribution in [-0.4, -0.2) is 41.9 Å². The highest BCUT2D eigenvalue weighted by atomic mass is 19.4. The molecule has 3 aromatic carbocycles. The zero-order chi connectivity index (χ0) is 26.2. The first-order valence-corrected chi connectivity index (χ1v) is 11.3. The number of aliphatic hydroxyl groups is 1. The number of aliphatic hydroxyl groups excluding tert-OH is 1. The lowest BCUT2D eigenvalue weighted by molar-refractivity contribution is -0.138. The van der Waals surface area contributed by atoms with Crippen LogP contribution in [0.25, 0.3) is 10.8 Å². The number of halogens is 3. The highest BCUT2D eigenvalue weighted by Gasteiger charge is 2.46. The van der Waals surface area contributed by atoms with Gasteiger partial charge in [-0.2, -0.15) is 13.2 Å². The monoisotopic (exact) mass is 503 g/mol. The van der Waals surface area contributed by atoms with Crippen LogP contribution in [0.4, 0.5) is 18.9 Å². The molecule has 10 heteroatoms. The molecule has 0 aliphatic carbocycles. The molecule has 1 amide bonds. The fourth-order valence-corrected chi connectivity index (χ4v) is 4.67. The van der Waals surface area contributed by atoms with E-state index >= 15 is 0 Å². The fraction of sp³-hybridized carbons (Fsp3) is 0.308. The van der Waals surface area contributed by atoms with Crippen molar-refractivity contribution in [2.45, 2.75) is 32.5 Å². The predicted molar refractivity (Wildman–Crippen MR) is 126 cm³/mol. The van der Waals surface area contributed by atoms with Gasteiger partial charge in [-0.25, -0.2) is 0 Å². The normalized spacial score (nSPS) is 15.3. The lowest BCUT2D eigenvalue weighted by atomic mass is 9.96. The van der Waals surface area contributed by atoms with E-state index < -0.39 is 48.4 Å². The third-order valence-corrected chi connectivity index (χ3v) is 5.97. The van der Waals surface area contributed by atoms with Crippen LogP contribution < -0.4 is 14.4 Å². The Morgan fingerprint density at radius 1 is 1.03 bits per heavy atom. The average molecular weight is 503 g/mol. The zero-order valence-electron chi connectivity index (χ0n) is 19.6. The minimum Gasteiger partial charge on any atom is -0.493 e. The van der Waals surface area contributed by atoms with E-state index in [9.17, 15) is 27.9 Å². The molecule has 0 fully saturated rings. The minimum absolute atomic E-state index is 0.0285. The number of aliphatic carboxylic acids is 1. The standard InChI is InChI=1S/C26H24F3NO6/c1-3-35-23-15-7-5-6-8-16(15)24(36-4-2)22-21(23)19(13-31)30(25(22)34)18-10-9-14(12-20(32)33)11-17(18)26(27,28)29/h5-11,19,31H,3-4,12-13H2,1-2H3,(H,32,33)/t19-/m0/s1. The second-order valence-corrected chi connectivity index (χ2v) is 8.15. The summed E-state index contributed by atoms with van der Waals surface area (Å²) in [5.74, 6) is -1.58. The quantitative estimate of drug-likeness (QED) is 0.450. The molecule has 3 aromatic rings. The third-order valence-electron chi connectivity index (χ3n) is 5.97. The number of carbonyl (C=O) groups is 2. The number of nitrogens with zero attached hydrogens (tertiary/aromatic N) is 1. The Hall–Kier alpha value is -3.79. The van der Waals surface area contributed by atoms with Gasteiger partial charge in [-0.15, -0.1) is 0 Å². The second-order valence-electron chi connectivity index (χ2n) is 8.15. The number of hydrogen-bond donors (Lipinski definition) is 2. The molecule has 0 bridgehead atoms. The van der Waals surface area contributed by atoms with E-state index in [-0.39, 0.29) is 41.4 Å². The van der Waals surface area contributed by atoms with Crippen LogP contribution in [0.2, 0.25) is 0 Å². The molecular weight excluding hydrogens is 479 g/mol. The molecule has 4 rings (SSSR count). The average Bonchev–Trinajstić information content (AvgIpc) is 3.12. The molecule has 190 valence electrons. The maximum absolute atomic E-state index is 14.1. The Morgan fingerprint density at radius 2 is 1.64 bits per heavy atom. The first-order chi connectivity index (χ1) is 17.1. The summed E-state index contributed by atoms with van der Waals surface area (Å²) in [5, 5.41) is 20.6. The van der Waals surface area contributed by atoms with E-state index in [1.165, 1.54) is 6.07 Å². The highest BCUT2D eigenvalue weighted by Crippen LogP contribution is 2.52. The number of benzene rings is 3. The van der Waals surface area contributed by atoms with Crippen molar-refractivity contribution in [1.29, 1.82) is 0 Å². The van der Waals surface area contributed by atoms with Crippen LogP contribution in [0, 0.1) is 0 Å². The number of fused-ring (bicyclic) bond motifs is 2. The Balaban J connectivity index is 2.02. The number of carboxylic acid groups (broad SMARTS) is 1. The Labute approximate surface area is 204 Å². The van der Waals surface area contributed by atoms with Crippen LogP contribution in [-0.2, 0) is 17.4 Å². The van der Waals surface area contributed by atoms with Crippen LogP contribution in [0.15, 0.2) is 42.5 Å². The zero-order valence-corrected chi connectivity index (χ0v) is 19.6. The van der Waals surface area contributed by atoms with E-state index in [2.05, 4.69) is 0 Å². The van der Waals surface area contributed by atoms with Crippen molar-refractivity contribution in [1.82, 2.24) is 0 Å². The van der Waals surface area contributed by atoms with Crippen LogP contribution >= 0.6 is 0 Å². The molecule has 7 nitrogen and oxygen atoms in total. The van der Waals surface area contributed by atoms with Crippen molar-refractivity contribution in [3.63, 3.8) is 0 Å². The molecule has 0 unspecified atom stereocenters. The van der Waals surface area contributed by atoms with Crippen molar-refractivity contribution in [2.24, 2.45) is 0 Å². The largest absolute Gasteiger partial charge is 0.493 e. The van der Waals surface area contributed by atoms with Gasteiger partial charge in [0.05, 0.1) is 49.1 Å². The van der Waals surface area contributed by atoms with Crippen molar-refractivity contribution >= 4 is 28.3 Å². The summed E-state index contributed by atoms with van der Waals surface area (Å²) in [7, 11) is 0. The molecule has 0 aromatic heterocycles. The summed E-state index contributed by atoms with van der Waals surface area (Å²) in [6.45, 7) is 3.19. The van der Waals surface area contributed by atoms with Crippen molar-refractivity contribution in [3.8, 4) is 11.5 Å². The molecule has 0 radical (unpaired) electrons. The summed E-state index contributed by atoms with van der Waals surface area (Å²) in [6, 6.07) is 8.82. The fourth-order valence-electron chi connectivity index (χ4n) is 4.67. The summed E-state index contributed by atoms with van der Waals surface area (Å²) in [6.07, 6.45) is -5.51. The van der Waals surface area contributed by atoms with Crippen molar-refractivity contribution < 1.29 is 42.4 Å². The summed E-state index contributed by atoms with van der Waals surface area (Å²) < 4.78 is 54.1. The van der Waals surface area contributed by atoms with Crippen molar-refractivity contribution in [2.75, 3.05) is 24.7 Å². The van der Waals surface area contributed by atoms with Crippen LogP contribution in [0.3, 0.4) is 0 Å². The molecular formula is C26H24F3NO6. The smallest absolute Gasteiger partial charge is 0.418 e. The maximum Gasteiger partial charge on any atom is 0.418 e. The maximum atomic E-state index is 14.1. The number of amides is 1. The first kappa shape index (κ1) is 25.3. The number of carbonyl (C=O) groups excluding carboxylic acids is 1. The summed E-state index contributed by atoms with van der Waals surface area (Å²) >= 11 is 0. The molecule has 1 aliphatic rings. The number of alkyl halides is 3. The summed E-state index contributed by atoms with van der Waals surface area (Å²) in [4.78, 5) is 25.8. The SMILES string of the molecule is CCOc1c2c(c(OCC)c3ccccc13)[C@H](CO)N(c1ccc(CC(=O)O)cc1C(F)(F)F)C2=O. The van der Waals surface area contributed by atoms with Crippen LogP contribution in [0.1, 0.15) is 46.9 Å². The van der Waals surface area contributed by atoms with Gasteiger partial charge in [-0.3, -0.25) is 14.5 Å². The lowest BCUT2D eigenvalue weighted by Gasteiger charge is -2.27. The molecule has 0 spiro atoms. The second kappa shape index (κ2) is 9.69. The van der Waals surface area contributed by atoms with Gasteiger partial charge in [0.15, 0.2) is 0 Å². The minimum atomic E-state index is -4.89. The Morgan fingerprint density at radius 3 is 2.19 bits per heavy atom. The number of carboxylic acids is 1. The molecule has 36 heavy (non-hydrogen) atoms. The third kappa shape index (κ3) is 4.21. The van der Waals surface area contributed by atoms with Gasteiger partial charge in [-0.05, 0) is 31.5 Å². The molecule has 1 atom stereocenters. The van der Waals surface area contributed by atoms with Gasteiger partial charge in [0.2, 0.25) is 0 Å². The molecule has 1 aliphatic heterocycles. The van der Waals surface area contributed by atoms with E-state index in [0.717, 1.165) is 17.0 Å². The van der Waals surface area contributed by atoms with Gasteiger partial charge < -0.3 is 19.7 Å². The number of ether oxygens (including phenoxy) is 2. The van der Waals surface area contributed by atoms with Gasteiger partial charge >= 0.3 is 12.1 Å². The highest BCUT2D eigenvalue weighted by molar-refractivity contribution is 6.18. The summed E-state index contributed by atoms with van der Waals surface area (Å²) in [5.41, 5.74) is -1.47. The number of hydrogen-bond acceptors (Lipinski definition) is 5. The molecule has 2 N–H and O–H groups in total. The van der Waals surface area contributed by atoms with Crippen LogP contribution in [0.5, 0.6) is 11.5 Å². The Kier molecular flexibility index (Phi) is 6.81. The molecule has 1 heterocycles. The van der Waals surface area contributed by atoms with E-state index in [1.807, 2.05) is 0 Å². The Bertz CT molecular complexity index is 1340. The van der Waals surface area contributed by atoms with Crippen molar-refractivity contribution in [3.05, 3.63) is 64.7 Å². The predicted octanol–water partition coefficient (Wildman–Crippen LogP) is 4.98. The van der Waals surface area contributed by atoms with Gasteiger partial charge in [0, 0.05) is 16.3 Å². The molecule has 0 saturated heterocycles. The van der Waals surface area contributed by atoms with Gasteiger partial charge in [-0.1, -0.05) is 30.3 Å². The van der Waals surface area contributed by atoms with E-state index in [1.54, 1.807) is 38.1 Å². The van der Waals surface area contributed by atoms with Gasteiger partial charge in [0.1, 0.15) is 11.5 Å².